The molecule has 0 heterocycles. The quantitative estimate of drug-likeness (QED) is 0.650. The van der Waals surface area contributed by atoms with E-state index in [9.17, 15) is 0 Å². The van der Waals surface area contributed by atoms with E-state index in [0.29, 0.717) is 0 Å². The monoisotopic (exact) mass is 398 g/mol. The summed E-state index contributed by atoms with van der Waals surface area (Å²) < 4.78 is 13.3. The molecule has 0 aliphatic carbocycles. The van der Waals surface area contributed by atoms with Crippen molar-refractivity contribution in [3.05, 3.63) is 20.2 Å². The molecule has 0 amide bonds. The Morgan fingerprint density at radius 3 is 2.19 bits per heavy atom. The molecule has 2 nitrogen and oxygen atoms in total. The second kappa shape index (κ2) is 7.37. The summed E-state index contributed by atoms with van der Waals surface area (Å²) in [6.07, 6.45) is 2.03. The molecule has 0 N–H and O–H groups in total. The van der Waals surface area contributed by atoms with Crippen LogP contribution in [0.1, 0.15) is 26.7 Å². The lowest BCUT2D eigenvalue weighted by atomic mass is 10.3. The standard InChI is InChI=1S/C12H16BrIO2/c1-3-5-15-11-8-10(14)12(7-9(11)13)16-6-4-2/h7-8H,3-6H2,1-2H3. The summed E-state index contributed by atoms with van der Waals surface area (Å²) in [7, 11) is 0. The molecule has 0 aliphatic heterocycles. The second-order valence-corrected chi connectivity index (χ2v) is 5.43. The summed E-state index contributed by atoms with van der Waals surface area (Å²) >= 11 is 5.76. The van der Waals surface area contributed by atoms with Gasteiger partial charge in [-0.15, -0.1) is 0 Å². The van der Waals surface area contributed by atoms with E-state index in [0.717, 1.165) is 45.6 Å². The molecular formula is C12H16BrIO2. The van der Waals surface area contributed by atoms with E-state index in [1.165, 1.54) is 0 Å². The fourth-order valence-corrected chi connectivity index (χ4v) is 2.19. The Bertz CT molecular complexity index is 308. The highest BCUT2D eigenvalue weighted by Crippen LogP contribution is 2.34. The number of rotatable bonds is 6. The van der Waals surface area contributed by atoms with Gasteiger partial charge in [-0.05, 0) is 63.5 Å². The SMILES string of the molecule is CCCOc1cc(I)c(OCCC)cc1Br. The van der Waals surface area contributed by atoms with Crippen LogP contribution in [-0.4, -0.2) is 13.2 Å². The Morgan fingerprint density at radius 1 is 1.06 bits per heavy atom. The topological polar surface area (TPSA) is 18.5 Å². The van der Waals surface area contributed by atoms with Gasteiger partial charge in [0.1, 0.15) is 11.5 Å². The Kier molecular flexibility index (Phi) is 6.49. The zero-order valence-corrected chi connectivity index (χ0v) is 13.3. The van der Waals surface area contributed by atoms with Gasteiger partial charge in [-0.3, -0.25) is 0 Å². The van der Waals surface area contributed by atoms with Gasteiger partial charge in [0, 0.05) is 0 Å². The Labute approximate surface area is 119 Å². The van der Waals surface area contributed by atoms with Crippen molar-refractivity contribution in [1.29, 1.82) is 0 Å². The zero-order chi connectivity index (χ0) is 12.0. The minimum absolute atomic E-state index is 0.740. The molecule has 0 aromatic heterocycles. The number of benzene rings is 1. The highest BCUT2D eigenvalue weighted by molar-refractivity contribution is 14.1. The molecule has 0 atom stereocenters. The Hall–Kier alpha value is 0.0300. The Morgan fingerprint density at radius 2 is 1.62 bits per heavy atom. The molecule has 0 bridgehead atoms. The lowest BCUT2D eigenvalue weighted by molar-refractivity contribution is 0.305. The highest BCUT2D eigenvalue weighted by atomic mass is 127. The molecular weight excluding hydrogens is 383 g/mol. The lowest BCUT2D eigenvalue weighted by Gasteiger charge is -2.12. The van der Waals surface area contributed by atoms with Gasteiger partial charge in [0.05, 0.1) is 21.3 Å². The molecule has 0 saturated carbocycles. The first kappa shape index (κ1) is 14.1. The normalized spacial score (nSPS) is 10.2. The first-order chi connectivity index (χ1) is 7.69. The van der Waals surface area contributed by atoms with Crippen molar-refractivity contribution in [2.75, 3.05) is 13.2 Å². The molecule has 0 fully saturated rings. The fraction of sp³-hybridized carbons (Fsp3) is 0.500. The largest absolute Gasteiger partial charge is 0.492 e. The number of hydrogen-bond acceptors (Lipinski definition) is 2. The van der Waals surface area contributed by atoms with Gasteiger partial charge >= 0.3 is 0 Å². The molecule has 4 heteroatoms. The van der Waals surface area contributed by atoms with Crippen LogP contribution in [0, 0.1) is 3.57 Å². The molecule has 0 radical (unpaired) electrons. The van der Waals surface area contributed by atoms with Gasteiger partial charge in [-0.25, -0.2) is 0 Å². The average molecular weight is 399 g/mol. The lowest BCUT2D eigenvalue weighted by Crippen LogP contribution is -2.00. The third-order valence-corrected chi connectivity index (χ3v) is 3.37. The maximum Gasteiger partial charge on any atom is 0.134 e. The number of halogens is 2. The van der Waals surface area contributed by atoms with Gasteiger partial charge in [0.15, 0.2) is 0 Å². The molecule has 0 saturated heterocycles. The first-order valence-corrected chi connectivity index (χ1v) is 7.30. The predicted molar refractivity (Wildman–Crippen MR) is 78.4 cm³/mol. The summed E-state index contributed by atoms with van der Waals surface area (Å²) in [5.41, 5.74) is 0. The van der Waals surface area contributed by atoms with Crippen molar-refractivity contribution in [3.8, 4) is 11.5 Å². The fourth-order valence-electron chi connectivity index (χ4n) is 1.16. The van der Waals surface area contributed by atoms with Crippen LogP contribution in [0.15, 0.2) is 16.6 Å². The van der Waals surface area contributed by atoms with E-state index in [1.54, 1.807) is 0 Å². The minimum atomic E-state index is 0.740. The van der Waals surface area contributed by atoms with E-state index in [4.69, 9.17) is 9.47 Å². The van der Waals surface area contributed by atoms with Crippen molar-refractivity contribution in [2.45, 2.75) is 26.7 Å². The van der Waals surface area contributed by atoms with Crippen molar-refractivity contribution < 1.29 is 9.47 Å². The third kappa shape index (κ3) is 4.13. The Balaban J connectivity index is 2.79. The van der Waals surface area contributed by atoms with Crippen molar-refractivity contribution in [3.63, 3.8) is 0 Å². The summed E-state index contributed by atoms with van der Waals surface area (Å²) in [6, 6.07) is 3.98. The van der Waals surface area contributed by atoms with E-state index < -0.39 is 0 Å². The highest BCUT2D eigenvalue weighted by Gasteiger charge is 2.08. The maximum atomic E-state index is 5.63. The molecule has 1 rings (SSSR count). The predicted octanol–water partition coefficient (Wildman–Crippen LogP) is 4.63. The van der Waals surface area contributed by atoms with Gasteiger partial charge in [-0.1, -0.05) is 13.8 Å². The molecule has 0 spiro atoms. The molecule has 90 valence electrons. The number of ether oxygens (including phenoxy) is 2. The van der Waals surface area contributed by atoms with Crippen LogP contribution < -0.4 is 9.47 Å². The van der Waals surface area contributed by atoms with Crippen molar-refractivity contribution >= 4 is 38.5 Å². The van der Waals surface area contributed by atoms with Gasteiger partial charge in [-0.2, -0.15) is 0 Å². The molecule has 0 unspecified atom stereocenters. The maximum absolute atomic E-state index is 5.63. The summed E-state index contributed by atoms with van der Waals surface area (Å²) in [5, 5.41) is 0. The molecule has 1 aromatic carbocycles. The molecule has 16 heavy (non-hydrogen) atoms. The summed E-state index contributed by atoms with van der Waals surface area (Å²) in [4.78, 5) is 0. The van der Waals surface area contributed by atoms with Gasteiger partial charge < -0.3 is 9.47 Å². The molecule has 1 aromatic rings. The zero-order valence-electron chi connectivity index (χ0n) is 9.56. The minimum Gasteiger partial charge on any atom is -0.492 e. The van der Waals surface area contributed by atoms with Crippen LogP contribution in [-0.2, 0) is 0 Å². The number of hydrogen-bond donors (Lipinski definition) is 0. The second-order valence-electron chi connectivity index (χ2n) is 3.41. The molecule has 0 aliphatic rings. The van der Waals surface area contributed by atoms with Crippen LogP contribution >= 0.6 is 38.5 Å². The van der Waals surface area contributed by atoms with Crippen LogP contribution in [0.25, 0.3) is 0 Å². The van der Waals surface area contributed by atoms with E-state index >= 15 is 0 Å². The van der Waals surface area contributed by atoms with Gasteiger partial charge in [0.25, 0.3) is 0 Å². The first-order valence-electron chi connectivity index (χ1n) is 5.43. The van der Waals surface area contributed by atoms with Crippen LogP contribution in [0.5, 0.6) is 11.5 Å². The van der Waals surface area contributed by atoms with Crippen LogP contribution in [0.3, 0.4) is 0 Å². The van der Waals surface area contributed by atoms with Crippen molar-refractivity contribution in [1.82, 2.24) is 0 Å². The average Bonchev–Trinajstić information content (AvgIpc) is 2.28. The van der Waals surface area contributed by atoms with Crippen molar-refractivity contribution in [2.24, 2.45) is 0 Å². The van der Waals surface area contributed by atoms with E-state index in [2.05, 4.69) is 52.4 Å². The van der Waals surface area contributed by atoms with E-state index in [-0.39, 0.29) is 0 Å². The van der Waals surface area contributed by atoms with Crippen LogP contribution in [0.2, 0.25) is 0 Å². The summed E-state index contributed by atoms with van der Waals surface area (Å²) in [6.45, 7) is 5.68. The summed E-state index contributed by atoms with van der Waals surface area (Å²) in [5.74, 6) is 1.80. The van der Waals surface area contributed by atoms with Crippen LogP contribution in [0.4, 0.5) is 0 Å². The van der Waals surface area contributed by atoms with Gasteiger partial charge in [0.2, 0.25) is 0 Å². The third-order valence-electron chi connectivity index (χ3n) is 1.91. The smallest absolute Gasteiger partial charge is 0.134 e. The van der Waals surface area contributed by atoms with E-state index in [1.807, 2.05) is 12.1 Å².